The van der Waals surface area contributed by atoms with Crippen molar-refractivity contribution in [2.75, 3.05) is 13.2 Å². The molecule has 1 rings (SSSR count). The van der Waals surface area contributed by atoms with Crippen molar-refractivity contribution >= 4 is 23.9 Å². The lowest BCUT2D eigenvalue weighted by Crippen LogP contribution is -2.29. The van der Waals surface area contributed by atoms with E-state index >= 15 is 0 Å². The summed E-state index contributed by atoms with van der Waals surface area (Å²) in [4.78, 5) is 33.3. The molecule has 122 valence electrons. The number of primary amides is 1. The fourth-order valence-corrected chi connectivity index (χ4v) is 1.42. The molecule has 0 aromatic heterocycles. The summed E-state index contributed by atoms with van der Waals surface area (Å²) in [6, 6.07) is 6.63. The van der Waals surface area contributed by atoms with Crippen molar-refractivity contribution in [3.05, 3.63) is 42.5 Å². The molecule has 0 aliphatic rings. The zero-order valence-electron chi connectivity index (χ0n) is 12.5. The number of hydrogen-bond donors (Lipinski definition) is 3. The summed E-state index contributed by atoms with van der Waals surface area (Å²) in [7, 11) is 0. The molecule has 0 saturated carbocycles. The summed E-state index contributed by atoms with van der Waals surface area (Å²) in [6.07, 6.45) is 2.62. The molecule has 0 atom stereocenters. The van der Waals surface area contributed by atoms with Crippen LogP contribution in [0.15, 0.2) is 42.0 Å². The van der Waals surface area contributed by atoms with Crippen LogP contribution < -0.4 is 21.2 Å². The zero-order chi connectivity index (χ0) is 17.1. The first-order chi connectivity index (χ1) is 11.0. The van der Waals surface area contributed by atoms with E-state index in [2.05, 4.69) is 22.4 Å². The summed E-state index contributed by atoms with van der Waals surface area (Å²) >= 11 is 0. The molecule has 0 saturated heterocycles. The monoisotopic (exact) mass is 318 g/mol. The van der Waals surface area contributed by atoms with Crippen molar-refractivity contribution in [1.29, 1.82) is 0 Å². The van der Waals surface area contributed by atoms with Crippen molar-refractivity contribution in [3.63, 3.8) is 0 Å². The highest BCUT2D eigenvalue weighted by Crippen LogP contribution is 2.10. The number of benzene rings is 1. The minimum Gasteiger partial charge on any atom is -0.484 e. The Morgan fingerprint density at radius 1 is 1.22 bits per heavy atom. The highest BCUT2D eigenvalue weighted by atomic mass is 16.5. The molecule has 0 unspecified atom stereocenters. The Balaban J connectivity index is 2.39. The second-order valence-electron chi connectivity index (χ2n) is 4.39. The normalized spacial score (nSPS) is 10.1. The maximum Gasteiger partial charge on any atom is 0.255 e. The molecule has 8 heteroatoms. The van der Waals surface area contributed by atoms with Gasteiger partial charge >= 0.3 is 0 Å². The predicted octanol–water partition coefficient (Wildman–Crippen LogP) is -0.307. The lowest BCUT2D eigenvalue weighted by Gasteiger charge is -2.03. The SMILES string of the molecule is C=CCNC(=O)CC(=O)N/N=C/c1ccc(OCC(N)=O)cc1. The van der Waals surface area contributed by atoms with E-state index in [1.165, 1.54) is 12.3 Å². The van der Waals surface area contributed by atoms with Gasteiger partial charge in [-0.25, -0.2) is 5.43 Å². The predicted molar refractivity (Wildman–Crippen MR) is 84.7 cm³/mol. The lowest BCUT2D eigenvalue weighted by atomic mass is 10.2. The number of nitrogens with zero attached hydrogens (tertiary/aromatic N) is 1. The van der Waals surface area contributed by atoms with E-state index in [1.54, 1.807) is 24.3 Å². The fraction of sp³-hybridized carbons (Fsp3) is 0.200. The number of carbonyl (C=O) groups is 3. The van der Waals surface area contributed by atoms with Crippen LogP contribution in [0, 0.1) is 0 Å². The second kappa shape index (κ2) is 9.72. The summed E-state index contributed by atoms with van der Waals surface area (Å²) < 4.78 is 5.10. The van der Waals surface area contributed by atoms with Crippen LogP contribution in [-0.4, -0.2) is 37.1 Å². The van der Waals surface area contributed by atoms with E-state index in [-0.39, 0.29) is 13.0 Å². The van der Waals surface area contributed by atoms with Crippen LogP contribution in [0.1, 0.15) is 12.0 Å². The van der Waals surface area contributed by atoms with Crippen molar-refractivity contribution in [1.82, 2.24) is 10.7 Å². The molecule has 0 spiro atoms. The van der Waals surface area contributed by atoms with Crippen LogP contribution >= 0.6 is 0 Å². The molecule has 0 radical (unpaired) electrons. The molecule has 3 amide bonds. The fourth-order valence-electron chi connectivity index (χ4n) is 1.42. The topological polar surface area (TPSA) is 123 Å². The molecule has 0 aliphatic heterocycles. The van der Waals surface area contributed by atoms with Crippen LogP contribution in [0.3, 0.4) is 0 Å². The minimum atomic E-state index is -0.560. The summed E-state index contributed by atoms with van der Waals surface area (Å²) in [5.41, 5.74) is 7.91. The van der Waals surface area contributed by atoms with E-state index in [4.69, 9.17) is 10.5 Å². The highest BCUT2D eigenvalue weighted by molar-refractivity contribution is 5.97. The van der Waals surface area contributed by atoms with Gasteiger partial charge in [0.2, 0.25) is 11.8 Å². The summed E-state index contributed by atoms with van der Waals surface area (Å²) in [5, 5.41) is 6.22. The van der Waals surface area contributed by atoms with Crippen LogP contribution in [0.2, 0.25) is 0 Å². The standard InChI is InChI=1S/C15H18N4O4/c1-2-7-17-14(21)8-15(22)19-18-9-11-3-5-12(6-4-11)23-10-13(16)20/h2-6,9H,1,7-8,10H2,(H2,16,20)(H,17,21)(H,19,22)/b18-9+. The molecule has 4 N–H and O–H groups in total. The minimum absolute atomic E-state index is 0.197. The van der Waals surface area contributed by atoms with Gasteiger partial charge in [-0.3, -0.25) is 14.4 Å². The van der Waals surface area contributed by atoms with Gasteiger partial charge in [0.25, 0.3) is 5.91 Å². The third kappa shape index (κ3) is 8.00. The molecule has 1 aromatic rings. The number of amides is 3. The van der Waals surface area contributed by atoms with Gasteiger partial charge < -0.3 is 15.8 Å². The Kier molecular flexibility index (Phi) is 7.56. The largest absolute Gasteiger partial charge is 0.484 e. The van der Waals surface area contributed by atoms with Crippen LogP contribution in [-0.2, 0) is 14.4 Å². The van der Waals surface area contributed by atoms with Gasteiger partial charge in [-0.15, -0.1) is 6.58 Å². The van der Waals surface area contributed by atoms with E-state index < -0.39 is 17.7 Å². The van der Waals surface area contributed by atoms with Gasteiger partial charge in [-0.05, 0) is 29.8 Å². The number of hydrogen-bond acceptors (Lipinski definition) is 5. The van der Waals surface area contributed by atoms with Crippen molar-refractivity contribution < 1.29 is 19.1 Å². The van der Waals surface area contributed by atoms with E-state index in [0.29, 0.717) is 17.9 Å². The van der Waals surface area contributed by atoms with Gasteiger partial charge in [-0.1, -0.05) is 6.08 Å². The van der Waals surface area contributed by atoms with E-state index in [1.807, 2.05) is 0 Å². The first-order valence-corrected chi connectivity index (χ1v) is 6.72. The number of carbonyl (C=O) groups excluding carboxylic acids is 3. The Bertz CT molecular complexity index is 596. The van der Waals surface area contributed by atoms with E-state index in [0.717, 1.165) is 0 Å². The molecule has 1 aromatic carbocycles. The molecular weight excluding hydrogens is 300 g/mol. The Morgan fingerprint density at radius 2 is 1.91 bits per heavy atom. The maximum atomic E-state index is 11.4. The molecule has 0 heterocycles. The first kappa shape index (κ1) is 17.9. The number of rotatable bonds is 9. The number of nitrogens with one attached hydrogen (secondary N) is 2. The van der Waals surface area contributed by atoms with Crippen molar-refractivity contribution in [2.45, 2.75) is 6.42 Å². The third-order valence-electron chi connectivity index (χ3n) is 2.43. The highest BCUT2D eigenvalue weighted by Gasteiger charge is 2.06. The zero-order valence-corrected chi connectivity index (χ0v) is 12.5. The first-order valence-electron chi connectivity index (χ1n) is 6.72. The Morgan fingerprint density at radius 3 is 2.52 bits per heavy atom. The van der Waals surface area contributed by atoms with Gasteiger partial charge in [0.15, 0.2) is 6.61 Å². The van der Waals surface area contributed by atoms with Gasteiger partial charge in [0.05, 0.1) is 6.21 Å². The molecule has 0 bridgehead atoms. The van der Waals surface area contributed by atoms with Crippen molar-refractivity contribution in [3.8, 4) is 5.75 Å². The number of ether oxygens (including phenoxy) is 1. The Hall–Kier alpha value is -3.16. The van der Waals surface area contributed by atoms with Crippen LogP contribution in [0.25, 0.3) is 0 Å². The number of hydrazone groups is 1. The smallest absolute Gasteiger partial charge is 0.255 e. The van der Waals surface area contributed by atoms with Crippen molar-refractivity contribution in [2.24, 2.45) is 10.8 Å². The molecular formula is C15H18N4O4. The maximum absolute atomic E-state index is 11.4. The van der Waals surface area contributed by atoms with Crippen LogP contribution in [0.5, 0.6) is 5.75 Å². The third-order valence-corrected chi connectivity index (χ3v) is 2.43. The quantitative estimate of drug-likeness (QED) is 0.250. The second-order valence-corrected chi connectivity index (χ2v) is 4.39. The van der Waals surface area contributed by atoms with Gasteiger partial charge in [0.1, 0.15) is 12.2 Å². The summed E-state index contributed by atoms with van der Waals surface area (Å²) in [5.74, 6) is -1.00. The van der Waals surface area contributed by atoms with Crippen LogP contribution in [0.4, 0.5) is 0 Å². The molecule has 0 aliphatic carbocycles. The molecule has 0 fully saturated rings. The summed E-state index contributed by atoms with van der Waals surface area (Å²) in [6.45, 7) is 3.56. The average Bonchev–Trinajstić information content (AvgIpc) is 2.52. The average molecular weight is 318 g/mol. The number of nitrogens with two attached hydrogens (primary N) is 1. The van der Waals surface area contributed by atoms with Gasteiger partial charge in [-0.2, -0.15) is 5.10 Å². The Labute approximate surface area is 133 Å². The molecule has 8 nitrogen and oxygen atoms in total. The van der Waals surface area contributed by atoms with E-state index in [9.17, 15) is 14.4 Å². The molecule has 23 heavy (non-hydrogen) atoms. The lowest BCUT2D eigenvalue weighted by molar-refractivity contribution is -0.129. The van der Waals surface area contributed by atoms with Gasteiger partial charge in [0, 0.05) is 6.54 Å².